The zero-order valence-corrected chi connectivity index (χ0v) is 16.3. The van der Waals surface area contributed by atoms with E-state index in [2.05, 4.69) is 49.9 Å². The van der Waals surface area contributed by atoms with E-state index in [0.717, 1.165) is 62.7 Å². The van der Waals surface area contributed by atoms with Gasteiger partial charge in [0.15, 0.2) is 5.96 Å². The average molecular weight is 371 g/mol. The van der Waals surface area contributed by atoms with Crippen molar-refractivity contribution in [2.45, 2.75) is 39.2 Å². The number of aryl methyl sites for hydroxylation is 2. The SMILES string of the molecule is CN=C(NCCCn1c(C)nc2ccccc21)N1CCCC(CC(N)=O)C1. The van der Waals surface area contributed by atoms with Gasteiger partial charge in [0.25, 0.3) is 0 Å². The second-order valence-electron chi connectivity index (χ2n) is 7.25. The molecule has 1 fully saturated rings. The molecule has 1 saturated heterocycles. The lowest BCUT2D eigenvalue weighted by Crippen LogP contribution is -2.47. The van der Waals surface area contributed by atoms with Gasteiger partial charge in [0, 0.05) is 39.6 Å². The molecule has 0 bridgehead atoms. The standard InChI is InChI=1S/C20H30N6O/c1-15-24-17-8-3-4-9-18(17)26(15)12-6-10-23-20(22-2)25-11-5-7-16(14-25)13-19(21)27/h3-4,8-9,16H,5-7,10-14H2,1-2H3,(H2,21,27)(H,22,23). The van der Waals surface area contributed by atoms with Crippen molar-refractivity contribution in [2.75, 3.05) is 26.7 Å². The number of aromatic nitrogens is 2. The number of primary amides is 1. The molecular formula is C20H30N6O. The summed E-state index contributed by atoms with van der Waals surface area (Å²) in [6.07, 6.45) is 3.57. The lowest BCUT2D eigenvalue weighted by Gasteiger charge is -2.34. The van der Waals surface area contributed by atoms with Gasteiger partial charge in [0.2, 0.25) is 5.91 Å². The second kappa shape index (κ2) is 8.88. The van der Waals surface area contributed by atoms with Crippen LogP contribution in [-0.4, -0.2) is 53.0 Å². The fourth-order valence-corrected chi connectivity index (χ4v) is 3.96. The zero-order valence-electron chi connectivity index (χ0n) is 16.3. The van der Waals surface area contributed by atoms with Crippen LogP contribution in [0.3, 0.4) is 0 Å². The number of fused-ring (bicyclic) bond motifs is 1. The summed E-state index contributed by atoms with van der Waals surface area (Å²) in [5, 5.41) is 3.47. The number of rotatable bonds is 6. The van der Waals surface area contributed by atoms with Gasteiger partial charge in [-0.2, -0.15) is 0 Å². The minimum atomic E-state index is -0.215. The van der Waals surface area contributed by atoms with Crippen molar-refractivity contribution >= 4 is 22.9 Å². The Morgan fingerprint density at radius 3 is 3.00 bits per heavy atom. The summed E-state index contributed by atoms with van der Waals surface area (Å²) >= 11 is 0. The Morgan fingerprint density at radius 2 is 2.22 bits per heavy atom. The van der Waals surface area contributed by atoms with E-state index < -0.39 is 0 Å². The molecule has 7 heteroatoms. The summed E-state index contributed by atoms with van der Waals surface area (Å²) in [7, 11) is 1.81. The molecule has 1 atom stereocenters. The molecule has 2 aromatic rings. The van der Waals surface area contributed by atoms with Crippen molar-refractivity contribution in [1.82, 2.24) is 19.8 Å². The highest BCUT2D eigenvalue weighted by atomic mass is 16.1. The lowest BCUT2D eigenvalue weighted by atomic mass is 9.95. The fourth-order valence-electron chi connectivity index (χ4n) is 3.96. The molecule has 1 unspecified atom stereocenters. The average Bonchev–Trinajstić information content (AvgIpc) is 2.97. The largest absolute Gasteiger partial charge is 0.370 e. The highest BCUT2D eigenvalue weighted by molar-refractivity contribution is 5.80. The number of carbonyl (C=O) groups excluding carboxylic acids is 1. The number of benzene rings is 1. The summed E-state index contributed by atoms with van der Waals surface area (Å²) in [6.45, 7) is 5.63. The Labute approximate surface area is 160 Å². The number of nitrogens with two attached hydrogens (primary N) is 1. The molecule has 3 rings (SSSR count). The van der Waals surface area contributed by atoms with Crippen LogP contribution in [0.15, 0.2) is 29.3 Å². The number of para-hydroxylation sites is 2. The van der Waals surface area contributed by atoms with Gasteiger partial charge < -0.3 is 20.5 Å². The number of carbonyl (C=O) groups is 1. The van der Waals surface area contributed by atoms with E-state index in [1.165, 1.54) is 5.52 Å². The molecular weight excluding hydrogens is 340 g/mol. The molecule has 0 spiro atoms. The Balaban J connectivity index is 1.51. The fraction of sp³-hybridized carbons (Fsp3) is 0.550. The first-order chi connectivity index (χ1) is 13.1. The van der Waals surface area contributed by atoms with E-state index in [0.29, 0.717) is 12.3 Å². The third-order valence-corrected chi connectivity index (χ3v) is 5.21. The molecule has 1 aromatic heterocycles. The van der Waals surface area contributed by atoms with Crippen molar-refractivity contribution < 1.29 is 4.79 Å². The molecule has 1 aliphatic heterocycles. The van der Waals surface area contributed by atoms with E-state index >= 15 is 0 Å². The predicted molar refractivity (Wildman–Crippen MR) is 109 cm³/mol. The first kappa shape index (κ1) is 19.2. The Bertz CT molecular complexity index is 812. The van der Waals surface area contributed by atoms with Crippen LogP contribution >= 0.6 is 0 Å². The quantitative estimate of drug-likeness (QED) is 0.462. The lowest BCUT2D eigenvalue weighted by molar-refractivity contribution is -0.119. The number of hydrogen-bond acceptors (Lipinski definition) is 3. The van der Waals surface area contributed by atoms with Crippen LogP contribution < -0.4 is 11.1 Å². The maximum Gasteiger partial charge on any atom is 0.217 e. The minimum Gasteiger partial charge on any atom is -0.370 e. The number of nitrogens with one attached hydrogen (secondary N) is 1. The van der Waals surface area contributed by atoms with Gasteiger partial charge in [-0.25, -0.2) is 4.98 Å². The number of aliphatic imine (C=N–C) groups is 1. The van der Waals surface area contributed by atoms with E-state index in [1.54, 1.807) is 0 Å². The number of imidazole rings is 1. The first-order valence-electron chi connectivity index (χ1n) is 9.74. The van der Waals surface area contributed by atoms with Gasteiger partial charge in [-0.05, 0) is 44.2 Å². The Kier molecular flexibility index (Phi) is 6.32. The number of likely N-dealkylation sites (tertiary alicyclic amines) is 1. The van der Waals surface area contributed by atoms with Gasteiger partial charge in [-0.3, -0.25) is 9.79 Å². The summed E-state index contributed by atoms with van der Waals surface area (Å²) < 4.78 is 2.27. The minimum absolute atomic E-state index is 0.215. The Morgan fingerprint density at radius 1 is 1.41 bits per heavy atom. The molecule has 0 aliphatic carbocycles. The number of guanidine groups is 1. The smallest absolute Gasteiger partial charge is 0.217 e. The summed E-state index contributed by atoms with van der Waals surface area (Å²) in [6, 6.07) is 8.25. The van der Waals surface area contributed by atoms with E-state index in [9.17, 15) is 4.79 Å². The monoisotopic (exact) mass is 370 g/mol. The van der Waals surface area contributed by atoms with Gasteiger partial charge in [0.05, 0.1) is 11.0 Å². The highest BCUT2D eigenvalue weighted by Crippen LogP contribution is 2.19. The molecule has 1 aliphatic rings. The van der Waals surface area contributed by atoms with Gasteiger partial charge in [-0.1, -0.05) is 12.1 Å². The molecule has 0 saturated carbocycles. The van der Waals surface area contributed by atoms with Gasteiger partial charge in [-0.15, -0.1) is 0 Å². The van der Waals surface area contributed by atoms with E-state index in [-0.39, 0.29) is 5.91 Å². The van der Waals surface area contributed by atoms with Crippen molar-refractivity contribution in [3.8, 4) is 0 Å². The maximum absolute atomic E-state index is 11.2. The molecule has 3 N–H and O–H groups in total. The van der Waals surface area contributed by atoms with Crippen molar-refractivity contribution in [3.05, 3.63) is 30.1 Å². The molecule has 1 aromatic carbocycles. The van der Waals surface area contributed by atoms with Crippen LogP contribution in [0.4, 0.5) is 0 Å². The van der Waals surface area contributed by atoms with Gasteiger partial charge in [0.1, 0.15) is 5.82 Å². The molecule has 27 heavy (non-hydrogen) atoms. The van der Waals surface area contributed by atoms with Crippen LogP contribution in [0.1, 0.15) is 31.5 Å². The predicted octanol–water partition coefficient (Wildman–Crippen LogP) is 1.90. The molecule has 7 nitrogen and oxygen atoms in total. The summed E-state index contributed by atoms with van der Waals surface area (Å²) in [5.74, 6) is 2.07. The third kappa shape index (κ3) is 4.78. The van der Waals surface area contributed by atoms with Crippen molar-refractivity contribution in [1.29, 1.82) is 0 Å². The zero-order chi connectivity index (χ0) is 19.2. The first-order valence-corrected chi connectivity index (χ1v) is 9.74. The van der Waals surface area contributed by atoms with Crippen LogP contribution in [0, 0.1) is 12.8 Å². The normalized spacial score (nSPS) is 18.1. The van der Waals surface area contributed by atoms with Crippen LogP contribution in [0.2, 0.25) is 0 Å². The van der Waals surface area contributed by atoms with Crippen molar-refractivity contribution in [2.24, 2.45) is 16.6 Å². The topological polar surface area (TPSA) is 88.5 Å². The third-order valence-electron chi connectivity index (χ3n) is 5.21. The molecule has 1 amide bonds. The van der Waals surface area contributed by atoms with Crippen LogP contribution in [0.5, 0.6) is 0 Å². The molecule has 2 heterocycles. The van der Waals surface area contributed by atoms with E-state index in [4.69, 9.17) is 5.73 Å². The number of hydrogen-bond donors (Lipinski definition) is 2. The number of nitrogens with zero attached hydrogens (tertiary/aromatic N) is 4. The second-order valence-corrected chi connectivity index (χ2v) is 7.25. The van der Waals surface area contributed by atoms with E-state index in [1.807, 2.05) is 13.1 Å². The molecule has 0 radical (unpaired) electrons. The number of piperidine rings is 1. The Hall–Kier alpha value is -2.57. The van der Waals surface area contributed by atoms with Gasteiger partial charge >= 0.3 is 0 Å². The molecule has 146 valence electrons. The van der Waals surface area contributed by atoms with Crippen LogP contribution in [0.25, 0.3) is 11.0 Å². The maximum atomic E-state index is 11.2. The van der Waals surface area contributed by atoms with Crippen LogP contribution in [-0.2, 0) is 11.3 Å². The van der Waals surface area contributed by atoms with Crippen molar-refractivity contribution in [3.63, 3.8) is 0 Å². The summed E-state index contributed by atoms with van der Waals surface area (Å²) in [5.41, 5.74) is 7.60. The highest BCUT2D eigenvalue weighted by Gasteiger charge is 2.23. The summed E-state index contributed by atoms with van der Waals surface area (Å²) in [4.78, 5) is 22.5. The number of amides is 1.